The molecule has 2 heterocycles. The molecule has 1 fully saturated rings. The molecule has 188 valence electrons. The van der Waals surface area contributed by atoms with Gasteiger partial charge >= 0.3 is 0 Å². The quantitative estimate of drug-likeness (QED) is 0.417. The molecule has 0 amide bonds. The van der Waals surface area contributed by atoms with Crippen LogP contribution in [-0.4, -0.2) is 65.7 Å². The SMILES string of the molecule is CCS(=O)(=O)c1ccc(Cl)cc1Cn1cnc2cc(CN3CCN(C(C)C)CC3)c(Br)cc2c1=O. The summed E-state index contributed by atoms with van der Waals surface area (Å²) < 4.78 is 27.4. The van der Waals surface area contributed by atoms with E-state index in [0.717, 1.165) is 42.8 Å². The Hall–Kier alpha value is -1.78. The number of hydrogen-bond donors (Lipinski definition) is 0. The van der Waals surface area contributed by atoms with Crippen molar-refractivity contribution in [1.29, 1.82) is 0 Å². The lowest BCUT2D eigenvalue weighted by Gasteiger charge is -2.37. The summed E-state index contributed by atoms with van der Waals surface area (Å²) in [5, 5.41) is 0.896. The Bertz CT molecular complexity index is 1400. The van der Waals surface area contributed by atoms with Crippen molar-refractivity contribution in [2.75, 3.05) is 31.9 Å². The third-order valence-electron chi connectivity index (χ3n) is 6.60. The number of sulfone groups is 1. The summed E-state index contributed by atoms with van der Waals surface area (Å²) in [7, 11) is -3.47. The monoisotopic (exact) mass is 580 g/mol. The van der Waals surface area contributed by atoms with Gasteiger partial charge in [-0.2, -0.15) is 0 Å². The minimum atomic E-state index is -3.47. The summed E-state index contributed by atoms with van der Waals surface area (Å²) in [6, 6.07) is 8.99. The second-order valence-electron chi connectivity index (χ2n) is 9.20. The zero-order valence-electron chi connectivity index (χ0n) is 20.2. The van der Waals surface area contributed by atoms with Crippen molar-refractivity contribution in [1.82, 2.24) is 19.4 Å². The van der Waals surface area contributed by atoms with Gasteiger partial charge < -0.3 is 0 Å². The molecule has 35 heavy (non-hydrogen) atoms. The van der Waals surface area contributed by atoms with E-state index in [0.29, 0.717) is 27.5 Å². The molecular formula is C25H30BrClN4O3S. The van der Waals surface area contributed by atoms with Crippen LogP contribution in [0.4, 0.5) is 0 Å². The van der Waals surface area contributed by atoms with E-state index in [4.69, 9.17) is 11.6 Å². The van der Waals surface area contributed by atoms with E-state index in [1.54, 1.807) is 19.1 Å². The Balaban J connectivity index is 1.62. The first kappa shape index (κ1) is 26.3. The zero-order valence-corrected chi connectivity index (χ0v) is 23.3. The molecule has 1 aliphatic rings. The minimum absolute atomic E-state index is 0.0330. The van der Waals surface area contributed by atoms with Gasteiger partial charge in [0.05, 0.1) is 34.4 Å². The van der Waals surface area contributed by atoms with Crippen LogP contribution in [0, 0.1) is 0 Å². The Morgan fingerprint density at radius 2 is 1.77 bits per heavy atom. The fourth-order valence-corrected chi connectivity index (χ4v) is 6.22. The second kappa shape index (κ2) is 10.7. The molecule has 3 aromatic rings. The lowest BCUT2D eigenvalue weighted by molar-refractivity contribution is 0.104. The Kier molecular flexibility index (Phi) is 8.02. The third-order valence-corrected chi connectivity index (χ3v) is 9.40. The van der Waals surface area contributed by atoms with Crippen molar-refractivity contribution in [3.05, 3.63) is 67.6 Å². The molecule has 0 aliphatic carbocycles. The summed E-state index contributed by atoms with van der Waals surface area (Å²) >= 11 is 9.79. The number of halogens is 2. The van der Waals surface area contributed by atoms with Gasteiger partial charge in [-0.3, -0.25) is 19.2 Å². The van der Waals surface area contributed by atoms with Crippen LogP contribution in [0.5, 0.6) is 0 Å². The molecule has 0 N–H and O–H groups in total. The van der Waals surface area contributed by atoms with E-state index in [1.165, 1.54) is 17.0 Å². The number of aromatic nitrogens is 2. The number of hydrogen-bond acceptors (Lipinski definition) is 6. The third kappa shape index (κ3) is 5.80. The highest BCUT2D eigenvalue weighted by molar-refractivity contribution is 9.10. The van der Waals surface area contributed by atoms with Crippen molar-refractivity contribution in [3.8, 4) is 0 Å². The van der Waals surface area contributed by atoms with Gasteiger partial charge in [-0.15, -0.1) is 0 Å². The molecule has 0 spiro atoms. The largest absolute Gasteiger partial charge is 0.298 e. The van der Waals surface area contributed by atoms with Crippen molar-refractivity contribution in [2.24, 2.45) is 0 Å². The highest BCUT2D eigenvalue weighted by atomic mass is 79.9. The van der Waals surface area contributed by atoms with E-state index in [9.17, 15) is 13.2 Å². The average molecular weight is 582 g/mol. The number of rotatable bonds is 7. The molecule has 1 aliphatic heterocycles. The molecule has 0 saturated carbocycles. The van der Waals surface area contributed by atoms with Gasteiger partial charge in [-0.25, -0.2) is 13.4 Å². The molecule has 0 atom stereocenters. The van der Waals surface area contributed by atoms with Crippen LogP contribution in [-0.2, 0) is 22.9 Å². The van der Waals surface area contributed by atoms with Crippen molar-refractivity contribution in [3.63, 3.8) is 0 Å². The topological polar surface area (TPSA) is 75.5 Å². The van der Waals surface area contributed by atoms with Crippen molar-refractivity contribution >= 4 is 48.3 Å². The molecule has 0 radical (unpaired) electrons. The summed E-state index contributed by atoms with van der Waals surface area (Å²) in [6.07, 6.45) is 1.48. The van der Waals surface area contributed by atoms with Crippen LogP contribution in [0.3, 0.4) is 0 Å². The van der Waals surface area contributed by atoms with Crippen LogP contribution in [0.15, 0.2) is 50.8 Å². The number of nitrogens with zero attached hydrogens (tertiary/aromatic N) is 4. The molecule has 0 unspecified atom stereocenters. The maximum absolute atomic E-state index is 13.3. The van der Waals surface area contributed by atoms with Gasteiger partial charge in [-0.1, -0.05) is 34.5 Å². The van der Waals surface area contributed by atoms with Gasteiger partial charge in [0, 0.05) is 48.3 Å². The summed E-state index contributed by atoms with van der Waals surface area (Å²) in [4.78, 5) is 22.9. The zero-order chi connectivity index (χ0) is 25.3. The van der Waals surface area contributed by atoms with Gasteiger partial charge in [-0.05, 0) is 55.3 Å². The van der Waals surface area contributed by atoms with Crippen LogP contribution in [0.25, 0.3) is 10.9 Å². The summed E-state index contributed by atoms with van der Waals surface area (Å²) in [6.45, 7) is 11.0. The first-order valence-corrected chi connectivity index (χ1v) is 14.6. The molecule has 4 rings (SSSR count). The molecular weight excluding hydrogens is 552 g/mol. The predicted molar refractivity (Wildman–Crippen MR) is 144 cm³/mol. The first-order chi connectivity index (χ1) is 16.6. The standard InChI is InChI=1S/C25H30BrClN4O3S/c1-4-35(33,34)24-6-5-20(27)11-19(24)15-31-16-28-23-12-18(22(26)13-21(23)25(31)32)14-29-7-9-30(10-8-29)17(2)3/h5-6,11-13,16-17H,4,7-10,14-15H2,1-3H3. The molecule has 0 bridgehead atoms. The van der Waals surface area contributed by atoms with Gasteiger partial charge in [0.1, 0.15) is 0 Å². The second-order valence-corrected chi connectivity index (χ2v) is 12.7. The highest BCUT2D eigenvalue weighted by Gasteiger charge is 2.21. The Morgan fingerprint density at radius 1 is 1.06 bits per heavy atom. The Labute approximate surface area is 219 Å². The number of fused-ring (bicyclic) bond motifs is 1. The van der Waals surface area contributed by atoms with Crippen LogP contribution >= 0.6 is 27.5 Å². The van der Waals surface area contributed by atoms with Crippen molar-refractivity contribution in [2.45, 2.75) is 44.8 Å². The maximum atomic E-state index is 13.3. The van der Waals surface area contributed by atoms with Gasteiger partial charge in [0.25, 0.3) is 5.56 Å². The highest BCUT2D eigenvalue weighted by Crippen LogP contribution is 2.25. The Morgan fingerprint density at radius 3 is 2.43 bits per heavy atom. The van der Waals surface area contributed by atoms with Gasteiger partial charge in [0.2, 0.25) is 0 Å². The van der Waals surface area contributed by atoms with Crippen molar-refractivity contribution < 1.29 is 8.42 Å². The smallest absolute Gasteiger partial charge is 0.261 e. The predicted octanol–water partition coefficient (Wildman–Crippen LogP) is 4.18. The molecule has 2 aromatic carbocycles. The van der Waals surface area contributed by atoms with E-state index >= 15 is 0 Å². The fourth-order valence-electron chi connectivity index (χ4n) is 4.45. The van der Waals surface area contributed by atoms with Crippen LogP contribution in [0.2, 0.25) is 5.02 Å². The van der Waals surface area contributed by atoms with E-state index < -0.39 is 9.84 Å². The lowest BCUT2D eigenvalue weighted by Crippen LogP contribution is -2.48. The average Bonchev–Trinajstić information content (AvgIpc) is 2.82. The minimum Gasteiger partial charge on any atom is -0.298 e. The molecule has 10 heteroatoms. The molecule has 1 saturated heterocycles. The maximum Gasteiger partial charge on any atom is 0.261 e. The lowest BCUT2D eigenvalue weighted by atomic mass is 10.1. The number of piperazine rings is 1. The molecule has 1 aromatic heterocycles. The normalized spacial score (nSPS) is 15.8. The fraction of sp³-hybridized carbons (Fsp3) is 0.440. The van der Waals surface area contributed by atoms with Gasteiger partial charge in [0.15, 0.2) is 9.84 Å². The van der Waals surface area contributed by atoms with E-state index in [2.05, 4.69) is 44.6 Å². The van der Waals surface area contributed by atoms with E-state index in [-0.39, 0.29) is 22.8 Å². The molecule has 7 nitrogen and oxygen atoms in total. The summed E-state index contributed by atoms with van der Waals surface area (Å²) in [5.74, 6) is -0.0330. The van der Waals surface area contributed by atoms with Crippen LogP contribution < -0.4 is 5.56 Å². The first-order valence-electron chi connectivity index (χ1n) is 11.7. The summed E-state index contributed by atoms with van der Waals surface area (Å²) in [5.41, 5.74) is 1.95. The van der Waals surface area contributed by atoms with Crippen LogP contribution in [0.1, 0.15) is 31.9 Å². The number of benzene rings is 2. The van der Waals surface area contributed by atoms with E-state index in [1.807, 2.05) is 12.1 Å².